The average molecular weight is 453 g/mol. The van der Waals surface area contributed by atoms with Gasteiger partial charge in [-0.25, -0.2) is 4.99 Å². The quantitative estimate of drug-likeness (QED) is 0.261. The highest BCUT2D eigenvalue weighted by molar-refractivity contribution is 14.0. The Morgan fingerprint density at radius 2 is 2.00 bits per heavy atom. The van der Waals surface area contributed by atoms with Crippen molar-refractivity contribution in [2.45, 2.75) is 20.4 Å². The Kier molecular flexibility index (Phi) is 13.1. The number of aliphatic imine (C=N–C) groups is 1. The van der Waals surface area contributed by atoms with Gasteiger partial charge in [-0.2, -0.15) is 11.8 Å². The highest BCUT2D eigenvalue weighted by Gasteiger charge is 2.05. The summed E-state index contributed by atoms with van der Waals surface area (Å²) in [5.41, 5.74) is 1.09. The molecule has 0 aliphatic heterocycles. The Balaban J connectivity index is 0.00000484. The number of halogens is 1. The van der Waals surface area contributed by atoms with Crippen LogP contribution in [0.4, 0.5) is 0 Å². The molecule has 1 aromatic carbocycles. The molecule has 1 rings (SSSR count). The lowest BCUT2D eigenvalue weighted by Gasteiger charge is -2.12. The number of thioether (sulfide) groups is 1. The van der Waals surface area contributed by atoms with E-state index >= 15 is 0 Å². The summed E-state index contributed by atoms with van der Waals surface area (Å²) in [6.07, 6.45) is 2.10. The molecule has 0 heterocycles. The molecule has 0 saturated carbocycles. The molecule has 0 radical (unpaired) electrons. The van der Waals surface area contributed by atoms with Gasteiger partial charge in [-0.3, -0.25) is 0 Å². The smallest absolute Gasteiger partial charge is 0.191 e. The van der Waals surface area contributed by atoms with Gasteiger partial charge in [0.05, 0.1) is 20.3 Å². The first kappa shape index (κ1) is 22.2. The molecule has 0 saturated heterocycles. The predicted octanol–water partition coefficient (Wildman–Crippen LogP) is 3.13. The van der Waals surface area contributed by atoms with Crippen LogP contribution in [0.5, 0.6) is 11.5 Å². The highest BCUT2D eigenvalue weighted by atomic mass is 127. The summed E-state index contributed by atoms with van der Waals surface area (Å²) >= 11 is 1.81. The Morgan fingerprint density at radius 3 is 2.61 bits per heavy atom. The zero-order chi connectivity index (χ0) is 16.2. The van der Waals surface area contributed by atoms with Gasteiger partial charge in [0, 0.05) is 18.8 Å². The van der Waals surface area contributed by atoms with Crippen molar-refractivity contribution in [3.63, 3.8) is 0 Å². The molecule has 23 heavy (non-hydrogen) atoms. The van der Waals surface area contributed by atoms with Crippen molar-refractivity contribution in [2.24, 2.45) is 4.99 Å². The predicted molar refractivity (Wildman–Crippen MR) is 111 cm³/mol. The van der Waals surface area contributed by atoms with E-state index in [1.54, 1.807) is 7.11 Å². The lowest BCUT2D eigenvalue weighted by molar-refractivity contribution is 0.310. The average Bonchev–Trinajstić information content (AvgIpc) is 2.53. The summed E-state index contributed by atoms with van der Waals surface area (Å²) < 4.78 is 10.9. The topological polar surface area (TPSA) is 54.9 Å². The molecule has 0 unspecified atom stereocenters. The van der Waals surface area contributed by atoms with Crippen molar-refractivity contribution in [3.8, 4) is 11.5 Å². The zero-order valence-corrected chi connectivity index (χ0v) is 17.5. The number of hydrogen-bond acceptors (Lipinski definition) is 4. The second-order valence-electron chi connectivity index (χ2n) is 4.53. The van der Waals surface area contributed by atoms with Crippen LogP contribution in [0.2, 0.25) is 0 Å². The van der Waals surface area contributed by atoms with E-state index in [2.05, 4.69) is 28.8 Å². The van der Waals surface area contributed by atoms with E-state index < -0.39 is 0 Å². The maximum atomic E-state index is 5.59. The van der Waals surface area contributed by atoms with Gasteiger partial charge >= 0.3 is 0 Å². The lowest BCUT2D eigenvalue weighted by atomic mass is 10.2. The highest BCUT2D eigenvalue weighted by Crippen LogP contribution is 2.28. The third-order valence-electron chi connectivity index (χ3n) is 2.89. The van der Waals surface area contributed by atoms with E-state index in [1.165, 1.54) is 0 Å². The Morgan fingerprint density at radius 1 is 1.22 bits per heavy atom. The first-order chi connectivity index (χ1) is 10.7. The van der Waals surface area contributed by atoms with Gasteiger partial charge < -0.3 is 20.1 Å². The third kappa shape index (κ3) is 8.55. The first-order valence-corrected chi connectivity index (χ1v) is 8.95. The fourth-order valence-electron chi connectivity index (χ4n) is 1.87. The van der Waals surface area contributed by atoms with Crippen LogP contribution in [0.1, 0.15) is 19.4 Å². The molecule has 0 bridgehead atoms. The summed E-state index contributed by atoms with van der Waals surface area (Å²) in [7, 11) is 1.65. The number of benzene rings is 1. The van der Waals surface area contributed by atoms with E-state index in [9.17, 15) is 0 Å². The van der Waals surface area contributed by atoms with E-state index in [0.29, 0.717) is 13.2 Å². The van der Waals surface area contributed by atoms with Crippen molar-refractivity contribution in [2.75, 3.05) is 38.8 Å². The molecule has 7 heteroatoms. The van der Waals surface area contributed by atoms with E-state index in [4.69, 9.17) is 9.47 Å². The van der Waals surface area contributed by atoms with E-state index in [1.807, 2.05) is 36.9 Å². The summed E-state index contributed by atoms with van der Waals surface area (Å²) in [4.78, 5) is 4.60. The largest absolute Gasteiger partial charge is 0.493 e. The fourth-order valence-corrected chi connectivity index (χ4v) is 2.18. The van der Waals surface area contributed by atoms with Crippen LogP contribution in [0.15, 0.2) is 23.2 Å². The number of nitrogens with zero attached hydrogens (tertiary/aromatic N) is 1. The molecular weight excluding hydrogens is 425 g/mol. The van der Waals surface area contributed by atoms with Crippen molar-refractivity contribution < 1.29 is 9.47 Å². The van der Waals surface area contributed by atoms with Crippen molar-refractivity contribution in [1.82, 2.24) is 10.6 Å². The van der Waals surface area contributed by atoms with Crippen molar-refractivity contribution in [3.05, 3.63) is 23.8 Å². The molecular formula is C16H28IN3O2S. The van der Waals surface area contributed by atoms with Crippen LogP contribution in [0, 0.1) is 0 Å². The maximum absolute atomic E-state index is 5.59. The maximum Gasteiger partial charge on any atom is 0.191 e. The molecule has 1 aromatic rings. The molecule has 5 nitrogen and oxygen atoms in total. The van der Waals surface area contributed by atoms with Crippen molar-refractivity contribution in [1.29, 1.82) is 0 Å². The minimum atomic E-state index is 0. The number of hydrogen-bond donors (Lipinski definition) is 2. The second kappa shape index (κ2) is 13.6. The molecule has 0 aliphatic carbocycles. The third-order valence-corrected chi connectivity index (χ3v) is 3.50. The summed E-state index contributed by atoms with van der Waals surface area (Å²) in [5, 5.41) is 6.56. The molecule has 0 fully saturated rings. The number of nitrogens with one attached hydrogen (secondary N) is 2. The van der Waals surface area contributed by atoms with Gasteiger partial charge in [0.1, 0.15) is 0 Å². The number of guanidine groups is 1. The SMILES string of the molecule is CCNC(=NCc1ccc(OC)c(OCC)c1)NCCSC.I. The lowest BCUT2D eigenvalue weighted by Crippen LogP contribution is -2.38. The van der Waals surface area contributed by atoms with Gasteiger partial charge in [-0.15, -0.1) is 24.0 Å². The standard InChI is InChI=1S/C16H27N3O2S.HI/c1-5-17-16(18-9-10-22-4)19-12-13-7-8-14(20-3)15(11-13)21-6-2;/h7-8,11H,5-6,9-10,12H2,1-4H3,(H2,17,18,19);1H. The normalized spacial score (nSPS) is 10.7. The van der Waals surface area contributed by atoms with Crippen LogP contribution in [-0.2, 0) is 6.54 Å². The van der Waals surface area contributed by atoms with Crippen molar-refractivity contribution >= 4 is 41.7 Å². The van der Waals surface area contributed by atoms with Crippen LogP contribution < -0.4 is 20.1 Å². The van der Waals surface area contributed by atoms with Gasteiger partial charge in [0.25, 0.3) is 0 Å². The molecule has 0 atom stereocenters. The molecule has 2 N–H and O–H groups in total. The van der Waals surface area contributed by atoms with Gasteiger partial charge in [0.2, 0.25) is 0 Å². The van der Waals surface area contributed by atoms with Gasteiger partial charge in [0.15, 0.2) is 17.5 Å². The Bertz CT molecular complexity index is 473. The molecule has 0 aliphatic rings. The Hall–Kier alpha value is -0.830. The second-order valence-corrected chi connectivity index (χ2v) is 5.52. The minimum Gasteiger partial charge on any atom is -0.493 e. The molecule has 132 valence electrons. The van der Waals surface area contributed by atoms with Crippen LogP contribution >= 0.6 is 35.7 Å². The molecule has 0 aromatic heterocycles. The number of rotatable bonds is 9. The fraction of sp³-hybridized carbons (Fsp3) is 0.562. The number of ether oxygens (including phenoxy) is 2. The monoisotopic (exact) mass is 453 g/mol. The summed E-state index contributed by atoms with van der Waals surface area (Å²) in [6, 6.07) is 5.91. The summed E-state index contributed by atoms with van der Waals surface area (Å²) in [6.45, 7) is 6.98. The van der Waals surface area contributed by atoms with Gasteiger partial charge in [-0.05, 0) is 37.8 Å². The van der Waals surface area contributed by atoms with Crippen LogP contribution in [0.25, 0.3) is 0 Å². The first-order valence-electron chi connectivity index (χ1n) is 7.55. The van der Waals surface area contributed by atoms with E-state index in [-0.39, 0.29) is 24.0 Å². The minimum absolute atomic E-state index is 0. The molecule has 0 amide bonds. The van der Waals surface area contributed by atoms with Crippen LogP contribution in [-0.4, -0.2) is 44.8 Å². The van der Waals surface area contributed by atoms with Crippen LogP contribution in [0.3, 0.4) is 0 Å². The Labute approximate surface area is 161 Å². The summed E-state index contributed by atoms with van der Waals surface area (Å²) in [5.74, 6) is 3.41. The molecule has 0 spiro atoms. The van der Waals surface area contributed by atoms with E-state index in [0.717, 1.165) is 41.9 Å². The zero-order valence-electron chi connectivity index (χ0n) is 14.3. The van der Waals surface area contributed by atoms with Gasteiger partial charge in [-0.1, -0.05) is 6.07 Å². The number of methoxy groups -OCH3 is 1.